The Labute approximate surface area is 49.8 Å². The van der Waals surface area contributed by atoms with Gasteiger partial charge < -0.3 is 4.74 Å². The van der Waals surface area contributed by atoms with Crippen molar-refractivity contribution in [3.05, 3.63) is 12.8 Å². The van der Waals surface area contributed by atoms with Gasteiger partial charge in [-0.05, 0) is 0 Å². The van der Waals surface area contributed by atoms with Crippen LogP contribution in [0.3, 0.4) is 0 Å². The zero-order chi connectivity index (χ0) is 4.12. The van der Waals surface area contributed by atoms with E-state index in [9.17, 15) is 0 Å². The molecule has 0 aromatic heterocycles. The minimum Gasteiger partial charge on any atom is -0.437 e. The van der Waals surface area contributed by atoms with E-state index in [1.165, 1.54) is 0 Å². The Morgan fingerprint density at radius 2 is 2.17 bits per heavy atom. The Morgan fingerprint density at radius 1 is 1.67 bits per heavy atom. The number of ether oxygens (including phenoxy) is 1. The van der Waals surface area contributed by atoms with Gasteiger partial charge in [-0.25, -0.2) is 0 Å². The quantitative estimate of drug-likeness (QED) is 0.345. The molecule has 0 heterocycles. The fourth-order valence-electron chi connectivity index (χ4n) is 0.0393. The van der Waals surface area contributed by atoms with Gasteiger partial charge in [0.1, 0.15) is 0 Å². The summed E-state index contributed by atoms with van der Waals surface area (Å²) in [6, 6.07) is 0. The Balaban J connectivity index is 0. The van der Waals surface area contributed by atoms with Crippen LogP contribution in [0.15, 0.2) is 12.8 Å². The molecule has 0 unspecified atom stereocenters. The van der Waals surface area contributed by atoms with Crippen LogP contribution in [0.1, 0.15) is 0 Å². The summed E-state index contributed by atoms with van der Waals surface area (Å²) >= 11 is 0. The van der Waals surface area contributed by atoms with E-state index in [0.717, 1.165) is 6.26 Å². The van der Waals surface area contributed by atoms with E-state index in [1.54, 1.807) is 0 Å². The van der Waals surface area contributed by atoms with Gasteiger partial charge in [-0.3, -0.25) is 4.79 Å². The average molecular weight is 178 g/mol. The molecule has 36 valence electrons. The second-order valence-corrected chi connectivity index (χ2v) is 0.399. The van der Waals surface area contributed by atoms with E-state index in [0.29, 0.717) is 6.47 Å². The van der Waals surface area contributed by atoms with E-state index in [1.807, 2.05) is 0 Å². The van der Waals surface area contributed by atoms with E-state index in [4.69, 9.17) is 4.79 Å². The summed E-state index contributed by atoms with van der Waals surface area (Å²) in [5.41, 5.74) is 0. The third kappa shape index (κ3) is 9.11. The van der Waals surface area contributed by atoms with Crippen molar-refractivity contribution in [3.8, 4) is 0 Å². The van der Waals surface area contributed by atoms with Gasteiger partial charge in [0.05, 0.1) is 6.26 Å². The fraction of sp³-hybridized carbons (Fsp3) is 0. The largest absolute Gasteiger partial charge is 2.00 e. The van der Waals surface area contributed by atoms with Gasteiger partial charge >= 0.3 is 20.4 Å². The SMILES string of the molecule is C=COC=O.[Pd+2]. The zero-order valence-corrected chi connectivity index (χ0v) is 4.55. The van der Waals surface area contributed by atoms with Crippen LogP contribution in [0.25, 0.3) is 0 Å². The van der Waals surface area contributed by atoms with Gasteiger partial charge in [0.15, 0.2) is 0 Å². The van der Waals surface area contributed by atoms with Gasteiger partial charge in [0.25, 0.3) is 6.47 Å². The summed E-state index contributed by atoms with van der Waals surface area (Å²) in [6.45, 7) is 3.41. The van der Waals surface area contributed by atoms with Crippen LogP contribution in [0, 0.1) is 0 Å². The Morgan fingerprint density at radius 3 is 2.17 bits per heavy atom. The fourth-order valence-corrected chi connectivity index (χ4v) is 0.0393. The maximum atomic E-state index is 9.11. The van der Waals surface area contributed by atoms with Crippen molar-refractivity contribution in [3.63, 3.8) is 0 Å². The number of hydrogen-bond donors (Lipinski definition) is 0. The number of rotatable bonds is 2. The molecule has 0 aromatic rings. The first-order chi connectivity index (χ1) is 2.41. The molecule has 0 atom stereocenters. The van der Waals surface area contributed by atoms with Gasteiger partial charge in [-0.1, -0.05) is 6.58 Å². The van der Waals surface area contributed by atoms with Crippen molar-refractivity contribution in [2.45, 2.75) is 0 Å². The van der Waals surface area contributed by atoms with Crippen LogP contribution < -0.4 is 0 Å². The van der Waals surface area contributed by atoms with Gasteiger partial charge in [-0.2, -0.15) is 0 Å². The monoisotopic (exact) mass is 178 g/mol. The molecular formula is C3H4O2Pd+2. The summed E-state index contributed by atoms with van der Waals surface area (Å²) in [5.74, 6) is 0. The van der Waals surface area contributed by atoms with E-state index in [2.05, 4.69) is 11.3 Å². The smallest absolute Gasteiger partial charge is 0.437 e. The molecule has 0 aliphatic heterocycles. The third-order valence-electron chi connectivity index (χ3n) is 0.152. The molecule has 0 aromatic carbocycles. The predicted molar refractivity (Wildman–Crippen MR) is 17.3 cm³/mol. The molecule has 6 heavy (non-hydrogen) atoms. The number of hydrogen-bond acceptors (Lipinski definition) is 2. The molecule has 0 aliphatic carbocycles. The molecule has 0 bridgehead atoms. The molecule has 0 aliphatic rings. The summed E-state index contributed by atoms with van der Waals surface area (Å²) in [5, 5.41) is 0. The molecule has 0 fully saturated rings. The second-order valence-electron chi connectivity index (χ2n) is 0.399. The first kappa shape index (κ1) is 9.30. The first-order valence-corrected chi connectivity index (χ1v) is 1.12. The molecule has 0 N–H and O–H groups in total. The average Bonchev–Trinajstić information content (AvgIpc) is 1.41. The van der Waals surface area contributed by atoms with Crippen LogP contribution in [-0.4, -0.2) is 6.47 Å². The predicted octanol–water partition coefficient (Wildman–Crippen LogP) is 0.300. The molecule has 0 radical (unpaired) electrons. The summed E-state index contributed by atoms with van der Waals surface area (Å²) in [4.78, 5) is 9.11. The molecule has 2 nitrogen and oxygen atoms in total. The zero-order valence-electron chi connectivity index (χ0n) is 2.99. The molecule has 0 amide bonds. The van der Waals surface area contributed by atoms with Gasteiger partial charge in [0.2, 0.25) is 0 Å². The topological polar surface area (TPSA) is 26.3 Å². The molecule has 0 saturated carbocycles. The van der Waals surface area contributed by atoms with Crippen LogP contribution >= 0.6 is 0 Å². The Bertz CT molecular complexity index is 38.1. The van der Waals surface area contributed by atoms with Crippen molar-refractivity contribution in [1.29, 1.82) is 0 Å². The standard InChI is InChI=1S/C3H4O2.Pd/c1-2-5-3-4;/h2-3H,1H2;/q;+2. The Hall–Kier alpha value is -0.128. The van der Waals surface area contributed by atoms with Crippen molar-refractivity contribution < 1.29 is 30.0 Å². The number of carbonyl (C=O) groups is 1. The van der Waals surface area contributed by atoms with E-state index < -0.39 is 0 Å². The minimum atomic E-state index is 0. The van der Waals surface area contributed by atoms with Crippen LogP contribution in [0.5, 0.6) is 0 Å². The molecule has 0 spiro atoms. The van der Waals surface area contributed by atoms with Crippen molar-refractivity contribution in [1.82, 2.24) is 0 Å². The van der Waals surface area contributed by atoms with Crippen LogP contribution in [0.4, 0.5) is 0 Å². The molecule has 3 heteroatoms. The van der Waals surface area contributed by atoms with Crippen molar-refractivity contribution >= 4 is 6.47 Å². The van der Waals surface area contributed by atoms with Gasteiger partial charge in [-0.15, -0.1) is 0 Å². The molecule has 0 saturated heterocycles. The van der Waals surface area contributed by atoms with Crippen molar-refractivity contribution in [2.75, 3.05) is 0 Å². The maximum absolute atomic E-state index is 9.11. The Kier molecular flexibility index (Phi) is 13.7. The minimum absolute atomic E-state index is 0. The third-order valence-corrected chi connectivity index (χ3v) is 0.152. The van der Waals surface area contributed by atoms with Crippen LogP contribution in [0.2, 0.25) is 0 Å². The summed E-state index contributed by atoms with van der Waals surface area (Å²) in [6.07, 6.45) is 1.06. The van der Waals surface area contributed by atoms with Crippen molar-refractivity contribution in [2.24, 2.45) is 0 Å². The number of carbonyl (C=O) groups excluding carboxylic acids is 1. The second kappa shape index (κ2) is 8.86. The first-order valence-electron chi connectivity index (χ1n) is 1.12. The maximum Gasteiger partial charge on any atom is 2.00 e. The normalized spacial score (nSPS) is 4.67. The molecule has 0 rings (SSSR count). The van der Waals surface area contributed by atoms with Crippen LogP contribution in [-0.2, 0) is 30.0 Å². The van der Waals surface area contributed by atoms with E-state index >= 15 is 0 Å². The molecular weight excluding hydrogens is 174 g/mol. The summed E-state index contributed by atoms with van der Waals surface area (Å²) in [7, 11) is 0. The summed E-state index contributed by atoms with van der Waals surface area (Å²) < 4.78 is 3.92. The van der Waals surface area contributed by atoms with E-state index in [-0.39, 0.29) is 20.4 Å². The van der Waals surface area contributed by atoms with Gasteiger partial charge in [0, 0.05) is 0 Å².